The van der Waals surface area contributed by atoms with E-state index in [-0.39, 0.29) is 5.92 Å². The van der Waals surface area contributed by atoms with Gasteiger partial charge in [-0.2, -0.15) is 0 Å². The second-order valence-electron chi connectivity index (χ2n) is 4.92. The predicted molar refractivity (Wildman–Crippen MR) is 83.6 cm³/mol. The molecule has 0 aliphatic rings. The molecule has 0 aliphatic heterocycles. The van der Waals surface area contributed by atoms with Gasteiger partial charge in [0.05, 0.1) is 0 Å². The fourth-order valence-electron chi connectivity index (χ4n) is 2.56. The summed E-state index contributed by atoms with van der Waals surface area (Å²) in [4.78, 5) is 3.10. The first kappa shape index (κ1) is 12.7. The Morgan fingerprint density at radius 1 is 0.800 bits per heavy atom. The van der Waals surface area contributed by atoms with Crippen molar-refractivity contribution in [3.05, 3.63) is 84.2 Å². The largest absolute Gasteiger partial charge is 0.367 e. The van der Waals surface area contributed by atoms with Crippen LogP contribution in [0, 0.1) is 0 Å². The van der Waals surface area contributed by atoms with E-state index >= 15 is 0 Å². The molecule has 2 nitrogen and oxygen atoms in total. The molecule has 1 atom stereocenters. The van der Waals surface area contributed by atoms with Crippen molar-refractivity contribution in [3.8, 4) is 11.1 Å². The molecule has 0 spiro atoms. The van der Waals surface area contributed by atoms with Gasteiger partial charge in [0.25, 0.3) is 0 Å². The second-order valence-corrected chi connectivity index (χ2v) is 4.92. The van der Waals surface area contributed by atoms with Crippen LogP contribution in [0.5, 0.6) is 0 Å². The zero-order valence-electron chi connectivity index (χ0n) is 11.3. The molecule has 0 aliphatic carbocycles. The van der Waals surface area contributed by atoms with Crippen LogP contribution in [0.2, 0.25) is 0 Å². The standard InChI is InChI=1S/C18H18N2/c19-12-18(17-10-11-20-13-17)16-8-6-15(7-9-16)14-4-2-1-3-5-14/h1-11,13,18,20H,12,19H2. The Morgan fingerprint density at radius 3 is 2.10 bits per heavy atom. The zero-order chi connectivity index (χ0) is 13.8. The van der Waals surface area contributed by atoms with E-state index in [9.17, 15) is 0 Å². The van der Waals surface area contributed by atoms with Crippen molar-refractivity contribution in [1.29, 1.82) is 0 Å². The van der Waals surface area contributed by atoms with Gasteiger partial charge >= 0.3 is 0 Å². The van der Waals surface area contributed by atoms with Crippen molar-refractivity contribution in [2.24, 2.45) is 5.73 Å². The lowest BCUT2D eigenvalue weighted by molar-refractivity contribution is 0.820. The second kappa shape index (κ2) is 5.76. The molecule has 0 amide bonds. The van der Waals surface area contributed by atoms with Crippen molar-refractivity contribution in [3.63, 3.8) is 0 Å². The van der Waals surface area contributed by atoms with Gasteiger partial charge in [0.2, 0.25) is 0 Å². The molecule has 1 aromatic heterocycles. The Labute approximate surface area is 119 Å². The summed E-state index contributed by atoms with van der Waals surface area (Å²) < 4.78 is 0. The molecule has 0 saturated carbocycles. The Morgan fingerprint density at radius 2 is 1.50 bits per heavy atom. The van der Waals surface area contributed by atoms with Gasteiger partial charge in [-0.15, -0.1) is 0 Å². The predicted octanol–water partition coefficient (Wildman–Crippen LogP) is 3.77. The van der Waals surface area contributed by atoms with Gasteiger partial charge in [-0.3, -0.25) is 0 Å². The quantitative estimate of drug-likeness (QED) is 0.738. The van der Waals surface area contributed by atoms with Crippen LogP contribution in [0.25, 0.3) is 11.1 Å². The number of H-pyrrole nitrogens is 1. The zero-order valence-corrected chi connectivity index (χ0v) is 11.3. The number of hydrogen-bond acceptors (Lipinski definition) is 1. The third kappa shape index (κ3) is 2.51. The van der Waals surface area contributed by atoms with E-state index < -0.39 is 0 Å². The van der Waals surface area contributed by atoms with E-state index in [1.54, 1.807) is 0 Å². The van der Waals surface area contributed by atoms with Crippen LogP contribution in [-0.2, 0) is 0 Å². The summed E-state index contributed by atoms with van der Waals surface area (Å²) in [5, 5.41) is 0. The first-order chi connectivity index (χ1) is 9.88. The summed E-state index contributed by atoms with van der Waals surface area (Å²) in [5.74, 6) is 0.256. The summed E-state index contributed by atoms with van der Waals surface area (Å²) in [6, 6.07) is 21.2. The van der Waals surface area contributed by atoms with Gasteiger partial charge in [-0.25, -0.2) is 0 Å². The minimum Gasteiger partial charge on any atom is -0.367 e. The highest BCUT2D eigenvalue weighted by atomic mass is 14.6. The molecular weight excluding hydrogens is 244 g/mol. The fraction of sp³-hybridized carbons (Fsp3) is 0.111. The maximum atomic E-state index is 5.93. The number of aromatic amines is 1. The van der Waals surface area contributed by atoms with E-state index in [1.165, 1.54) is 22.3 Å². The van der Waals surface area contributed by atoms with Gasteiger partial charge in [0.1, 0.15) is 0 Å². The molecule has 1 unspecified atom stereocenters. The average Bonchev–Trinajstić information content (AvgIpc) is 3.04. The lowest BCUT2D eigenvalue weighted by Crippen LogP contribution is -2.13. The SMILES string of the molecule is NCC(c1ccc(-c2ccccc2)cc1)c1cc[nH]c1. The summed E-state index contributed by atoms with van der Waals surface area (Å²) in [7, 11) is 0. The molecule has 2 aromatic carbocycles. The third-order valence-electron chi connectivity index (χ3n) is 3.68. The van der Waals surface area contributed by atoms with Gasteiger partial charge in [-0.1, -0.05) is 54.6 Å². The Balaban J connectivity index is 1.89. The van der Waals surface area contributed by atoms with E-state index in [4.69, 9.17) is 5.73 Å². The van der Waals surface area contributed by atoms with E-state index in [1.807, 2.05) is 18.5 Å². The molecule has 3 rings (SSSR count). The van der Waals surface area contributed by atoms with E-state index in [2.05, 4.69) is 59.6 Å². The Kier molecular flexibility index (Phi) is 3.66. The summed E-state index contributed by atoms with van der Waals surface area (Å²) >= 11 is 0. The lowest BCUT2D eigenvalue weighted by Gasteiger charge is -2.14. The molecular formula is C18H18N2. The van der Waals surface area contributed by atoms with Gasteiger partial charge in [0.15, 0.2) is 0 Å². The minimum absolute atomic E-state index is 0.256. The van der Waals surface area contributed by atoms with Gasteiger partial charge in [0, 0.05) is 24.9 Å². The maximum Gasteiger partial charge on any atom is 0.0227 e. The topological polar surface area (TPSA) is 41.8 Å². The smallest absolute Gasteiger partial charge is 0.0227 e. The molecule has 0 bridgehead atoms. The van der Waals surface area contributed by atoms with Crippen LogP contribution in [0.15, 0.2) is 73.1 Å². The summed E-state index contributed by atoms with van der Waals surface area (Å²) in [6.07, 6.45) is 3.96. The van der Waals surface area contributed by atoms with Crippen LogP contribution in [0.3, 0.4) is 0 Å². The number of rotatable bonds is 4. The van der Waals surface area contributed by atoms with Crippen LogP contribution in [0.4, 0.5) is 0 Å². The highest BCUT2D eigenvalue weighted by Crippen LogP contribution is 2.26. The van der Waals surface area contributed by atoms with Crippen LogP contribution in [-0.4, -0.2) is 11.5 Å². The van der Waals surface area contributed by atoms with Crippen molar-refractivity contribution in [1.82, 2.24) is 4.98 Å². The maximum absolute atomic E-state index is 5.93. The average molecular weight is 262 g/mol. The molecule has 2 heteroatoms. The molecule has 0 fully saturated rings. The normalized spacial score (nSPS) is 12.2. The van der Waals surface area contributed by atoms with Crippen molar-refractivity contribution in [2.75, 3.05) is 6.54 Å². The van der Waals surface area contributed by atoms with Crippen molar-refractivity contribution < 1.29 is 0 Å². The highest BCUT2D eigenvalue weighted by molar-refractivity contribution is 5.63. The number of hydrogen-bond donors (Lipinski definition) is 2. The molecule has 0 radical (unpaired) electrons. The van der Waals surface area contributed by atoms with E-state index in [0.717, 1.165) is 0 Å². The van der Waals surface area contributed by atoms with Crippen LogP contribution >= 0.6 is 0 Å². The molecule has 100 valence electrons. The first-order valence-electron chi connectivity index (χ1n) is 6.86. The highest BCUT2D eigenvalue weighted by Gasteiger charge is 2.12. The number of benzene rings is 2. The minimum atomic E-state index is 0.256. The van der Waals surface area contributed by atoms with Crippen molar-refractivity contribution >= 4 is 0 Å². The number of nitrogens with one attached hydrogen (secondary N) is 1. The van der Waals surface area contributed by atoms with Crippen LogP contribution in [0.1, 0.15) is 17.0 Å². The Bertz CT molecular complexity index is 640. The molecule has 3 aromatic rings. The number of nitrogens with two attached hydrogens (primary N) is 1. The lowest BCUT2D eigenvalue weighted by atomic mass is 9.92. The summed E-state index contributed by atoms with van der Waals surface area (Å²) in [6.45, 7) is 0.614. The third-order valence-corrected chi connectivity index (χ3v) is 3.68. The monoisotopic (exact) mass is 262 g/mol. The molecule has 20 heavy (non-hydrogen) atoms. The van der Waals surface area contributed by atoms with Gasteiger partial charge < -0.3 is 10.7 Å². The van der Waals surface area contributed by atoms with Crippen LogP contribution < -0.4 is 5.73 Å². The fourth-order valence-corrected chi connectivity index (χ4v) is 2.56. The molecule has 1 heterocycles. The molecule has 3 N–H and O–H groups in total. The number of aromatic nitrogens is 1. The first-order valence-corrected chi connectivity index (χ1v) is 6.86. The van der Waals surface area contributed by atoms with E-state index in [0.29, 0.717) is 6.54 Å². The van der Waals surface area contributed by atoms with Crippen molar-refractivity contribution in [2.45, 2.75) is 5.92 Å². The Hall–Kier alpha value is -2.32. The summed E-state index contributed by atoms with van der Waals surface area (Å²) in [5.41, 5.74) is 10.9. The van der Waals surface area contributed by atoms with Gasteiger partial charge in [-0.05, 0) is 28.3 Å². The molecule has 0 saturated heterocycles.